The van der Waals surface area contributed by atoms with Gasteiger partial charge in [0.2, 0.25) is 5.75 Å². The topological polar surface area (TPSA) is 69.2 Å². The van der Waals surface area contributed by atoms with E-state index in [0.717, 1.165) is 23.9 Å². The number of carbonyl (C=O) groups excluding carboxylic acids is 1. The van der Waals surface area contributed by atoms with E-state index in [1.165, 1.54) is 33.5 Å². The largest absolute Gasteiger partial charge is 0.493 e. The van der Waals surface area contributed by atoms with Crippen LogP contribution in [0.15, 0.2) is 46.3 Å². The first-order valence-electron chi connectivity index (χ1n) is 8.52. The molecule has 158 valence electrons. The minimum absolute atomic E-state index is 0.0849. The van der Waals surface area contributed by atoms with Crippen molar-refractivity contribution in [3.05, 3.63) is 52.4 Å². The van der Waals surface area contributed by atoms with Crippen LogP contribution in [0.2, 0.25) is 0 Å². The summed E-state index contributed by atoms with van der Waals surface area (Å²) in [6.45, 7) is 0. The second-order valence-corrected chi connectivity index (χ2v) is 7.02. The minimum atomic E-state index is -4.47. The quantitative estimate of drug-likeness (QED) is 0.690. The minimum Gasteiger partial charge on any atom is -0.493 e. The van der Waals surface area contributed by atoms with Gasteiger partial charge in [-0.05, 0) is 53.7 Å². The van der Waals surface area contributed by atoms with E-state index in [1.54, 1.807) is 18.2 Å². The molecule has 1 amide bonds. The molecular weight excluding hydrogens is 421 g/mol. The fourth-order valence-corrected chi connectivity index (χ4v) is 3.53. The van der Waals surface area contributed by atoms with Crippen LogP contribution in [0, 0.1) is 0 Å². The smallest absolute Gasteiger partial charge is 0.416 e. The third-order valence-electron chi connectivity index (χ3n) is 4.04. The maximum absolute atomic E-state index is 12.9. The number of aliphatic imine (C=N–C) groups is 1. The standard InChI is InChI=1S/C20H17F3N2O4S/c1-27-14-7-11(8-15(28-2)17(14)29-3)9-16-18(26)25-19(30-16)24-13-6-4-5-12(10-13)20(21,22)23/h4-10H,1-3H3,(H,24,25,26)/b16-9-. The molecule has 1 heterocycles. The van der Waals surface area contributed by atoms with Crippen molar-refractivity contribution in [2.24, 2.45) is 4.99 Å². The molecule has 1 N–H and O–H groups in total. The van der Waals surface area contributed by atoms with Gasteiger partial charge in [0.15, 0.2) is 16.7 Å². The molecule has 2 aromatic carbocycles. The number of rotatable bonds is 5. The van der Waals surface area contributed by atoms with Crippen molar-refractivity contribution in [3.8, 4) is 17.2 Å². The maximum Gasteiger partial charge on any atom is 0.416 e. The van der Waals surface area contributed by atoms with Crippen molar-refractivity contribution in [2.75, 3.05) is 21.3 Å². The number of carbonyl (C=O) groups is 1. The first kappa shape index (κ1) is 21.6. The molecule has 0 atom stereocenters. The van der Waals surface area contributed by atoms with Crippen molar-refractivity contribution in [1.82, 2.24) is 5.32 Å². The summed E-state index contributed by atoms with van der Waals surface area (Å²) in [4.78, 5) is 16.7. The molecular formula is C20H17F3N2O4S. The Hall–Kier alpha value is -3.14. The molecule has 0 aromatic heterocycles. The van der Waals surface area contributed by atoms with Gasteiger partial charge < -0.3 is 19.5 Å². The van der Waals surface area contributed by atoms with Crippen LogP contribution < -0.4 is 19.5 Å². The van der Waals surface area contributed by atoms with Gasteiger partial charge in [0.1, 0.15) is 0 Å². The number of nitrogens with one attached hydrogen (secondary N) is 1. The van der Waals surface area contributed by atoms with Crippen LogP contribution in [-0.4, -0.2) is 32.4 Å². The van der Waals surface area contributed by atoms with Gasteiger partial charge in [0, 0.05) is 0 Å². The fourth-order valence-electron chi connectivity index (χ4n) is 2.69. The number of thioether (sulfide) groups is 1. The summed E-state index contributed by atoms with van der Waals surface area (Å²) in [5, 5.41) is 2.73. The van der Waals surface area contributed by atoms with Gasteiger partial charge in [-0.1, -0.05) is 6.07 Å². The van der Waals surface area contributed by atoms with Crippen molar-refractivity contribution >= 4 is 34.6 Å². The summed E-state index contributed by atoms with van der Waals surface area (Å²) in [5.41, 5.74) is -0.115. The normalized spacial score (nSPS) is 16.7. The summed E-state index contributed by atoms with van der Waals surface area (Å²) >= 11 is 1.01. The Morgan fingerprint density at radius 1 is 1.03 bits per heavy atom. The molecule has 1 aliphatic rings. The Labute approximate surface area is 174 Å². The highest BCUT2D eigenvalue weighted by Gasteiger charge is 2.30. The third kappa shape index (κ3) is 4.70. The van der Waals surface area contributed by atoms with E-state index in [-0.39, 0.29) is 10.9 Å². The lowest BCUT2D eigenvalue weighted by Crippen LogP contribution is -2.19. The highest BCUT2D eigenvalue weighted by atomic mass is 32.2. The Morgan fingerprint density at radius 3 is 2.27 bits per heavy atom. The third-order valence-corrected chi connectivity index (χ3v) is 4.95. The number of benzene rings is 2. The number of alkyl halides is 3. The molecule has 0 aliphatic carbocycles. The van der Waals surface area contributed by atoms with Crippen LogP contribution in [0.1, 0.15) is 11.1 Å². The molecule has 1 saturated heterocycles. The number of amides is 1. The second kappa shape index (κ2) is 8.70. The van der Waals surface area contributed by atoms with E-state index < -0.39 is 17.6 Å². The summed E-state index contributed by atoms with van der Waals surface area (Å²) in [6, 6.07) is 7.90. The lowest BCUT2D eigenvalue weighted by molar-refractivity contribution is -0.137. The van der Waals surface area contributed by atoms with Gasteiger partial charge in [0.25, 0.3) is 5.91 Å². The van der Waals surface area contributed by atoms with Crippen molar-refractivity contribution < 1.29 is 32.2 Å². The molecule has 6 nitrogen and oxygen atoms in total. The van der Waals surface area contributed by atoms with Crippen molar-refractivity contribution in [3.63, 3.8) is 0 Å². The van der Waals surface area contributed by atoms with E-state index in [9.17, 15) is 18.0 Å². The van der Waals surface area contributed by atoms with Crippen LogP contribution in [-0.2, 0) is 11.0 Å². The van der Waals surface area contributed by atoms with E-state index >= 15 is 0 Å². The zero-order valence-electron chi connectivity index (χ0n) is 16.2. The molecule has 1 fully saturated rings. The van der Waals surface area contributed by atoms with Crippen molar-refractivity contribution in [2.45, 2.75) is 6.18 Å². The van der Waals surface area contributed by atoms with Crippen LogP contribution in [0.3, 0.4) is 0 Å². The lowest BCUT2D eigenvalue weighted by atomic mass is 10.1. The Kier molecular flexibility index (Phi) is 6.25. The van der Waals surface area contributed by atoms with Gasteiger partial charge in [-0.15, -0.1) is 0 Å². The molecule has 1 aliphatic heterocycles. The second-order valence-electron chi connectivity index (χ2n) is 5.99. The number of ether oxygens (including phenoxy) is 3. The van der Waals surface area contributed by atoms with Gasteiger partial charge >= 0.3 is 6.18 Å². The van der Waals surface area contributed by atoms with E-state index in [0.29, 0.717) is 27.7 Å². The number of methoxy groups -OCH3 is 3. The van der Waals surface area contributed by atoms with Crippen LogP contribution in [0.5, 0.6) is 17.2 Å². The number of hydrogen-bond acceptors (Lipinski definition) is 6. The summed E-state index contributed by atoms with van der Waals surface area (Å²) in [6.07, 6.45) is -2.88. The Morgan fingerprint density at radius 2 is 1.70 bits per heavy atom. The predicted molar refractivity (Wildman–Crippen MR) is 108 cm³/mol. The summed E-state index contributed by atoms with van der Waals surface area (Å²) < 4.78 is 54.4. The van der Waals surface area contributed by atoms with E-state index in [2.05, 4.69) is 10.3 Å². The molecule has 0 bridgehead atoms. The average molecular weight is 438 g/mol. The van der Waals surface area contributed by atoms with Crippen molar-refractivity contribution in [1.29, 1.82) is 0 Å². The monoisotopic (exact) mass is 438 g/mol. The number of amidine groups is 1. The van der Waals surface area contributed by atoms with E-state index in [1.807, 2.05) is 0 Å². The number of nitrogens with zero attached hydrogens (tertiary/aromatic N) is 1. The molecule has 0 saturated carbocycles. The fraction of sp³-hybridized carbons (Fsp3) is 0.200. The van der Waals surface area contributed by atoms with E-state index in [4.69, 9.17) is 14.2 Å². The van der Waals surface area contributed by atoms with Gasteiger partial charge in [-0.2, -0.15) is 13.2 Å². The van der Waals surface area contributed by atoms with Gasteiger partial charge in [-0.3, -0.25) is 4.79 Å². The number of hydrogen-bond donors (Lipinski definition) is 1. The molecule has 30 heavy (non-hydrogen) atoms. The molecule has 0 radical (unpaired) electrons. The first-order chi connectivity index (χ1) is 14.2. The zero-order valence-corrected chi connectivity index (χ0v) is 17.0. The van der Waals surface area contributed by atoms with Crippen LogP contribution in [0.25, 0.3) is 6.08 Å². The Balaban J connectivity index is 1.89. The predicted octanol–water partition coefficient (Wildman–Crippen LogP) is 4.62. The first-order valence-corrected chi connectivity index (χ1v) is 9.33. The molecule has 3 rings (SSSR count). The Bertz CT molecular complexity index is 1010. The molecule has 0 spiro atoms. The molecule has 0 unspecified atom stereocenters. The average Bonchev–Trinajstić information content (AvgIpc) is 3.05. The highest BCUT2D eigenvalue weighted by molar-refractivity contribution is 8.18. The summed E-state index contributed by atoms with van der Waals surface area (Å²) in [5.74, 6) is 0.840. The van der Waals surface area contributed by atoms with Crippen LogP contribution in [0.4, 0.5) is 18.9 Å². The van der Waals surface area contributed by atoms with Crippen LogP contribution >= 0.6 is 11.8 Å². The lowest BCUT2D eigenvalue weighted by Gasteiger charge is -2.12. The van der Waals surface area contributed by atoms with Gasteiger partial charge in [-0.25, -0.2) is 4.99 Å². The number of halogens is 3. The zero-order chi connectivity index (χ0) is 21.9. The molecule has 10 heteroatoms. The highest BCUT2D eigenvalue weighted by Crippen LogP contribution is 2.39. The maximum atomic E-state index is 12.9. The SMILES string of the molecule is COc1cc(/C=C2\SC(=Nc3cccc(C(F)(F)F)c3)NC2=O)cc(OC)c1OC. The van der Waals surface area contributed by atoms with Gasteiger partial charge in [0.05, 0.1) is 37.5 Å². The molecule has 2 aromatic rings. The summed E-state index contributed by atoms with van der Waals surface area (Å²) in [7, 11) is 4.44.